The van der Waals surface area contributed by atoms with E-state index in [0.29, 0.717) is 12.8 Å². The molecule has 0 fully saturated rings. The second kappa shape index (κ2) is 7.43. The molecule has 2 aromatic carbocycles. The summed E-state index contributed by atoms with van der Waals surface area (Å²) in [6, 6.07) is 9.56. The molecule has 6 N–H and O–H groups in total. The van der Waals surface area contributed by atoms with Crippen molar-refractivity contribution in [3.05, 3.63) is 53.6 Å². The lowest BCUT2D eigenvalue weighted by Crippen LogP contribution is -2.26. The van der Waals surface area contributed by atoms with Gasteiger partial charge in [0.2, 0.25) is 0 Å². The van der Waals surface area contributed by atoms with Crippen LogP contribution in [0.2, 0.25) is 0 Å². The van der Waals surface area contributed by atoms with Crippen LogP contribution in [-0.2, 0) is 16.8 Å². The molecule has 0 aliphatic rings. The molecule has 0 heterocycles. The third-order valence-electron chi connectivity index (χ3n) is 3.54. The van der Waals surface area contributed by atoms with Crippen LogP contribution in [0.1, 0.15) is 24.0 Å². The van der Waals surface area contributed by atoms with Crippen molar-refractivity contribution in [2.75, 3.05) is 0 Å². The first-order chi connectivity index (χ1) is 11.6. The van der Waals surface area contributed by atoms with Gasteiger partial charge in [0, 0.05) is 6.42 Å². The van der Waals surface area contributed by atoms with E-state index >= 15 is 0 Å². The highest BCUT2D eigenvalue weighted by molar-refractivity contribution is 7.46. The number of benzene rings is 2. The van der Waals surface area contributed by atoms with Crippen molar-refractivity contribution < 1.29 is 39.3 Å². The summed E-state index contributed by atoms with van der Waals surface area (Å²) in [6.45, 7) is 0. The fraction of sp³-hybridized carbons (Fsp3) is 0.250. The van der Waals surface area contributed by atoms with Crippen LogP contribution in [0.5, 0.6) is 17.2 Å². The Bertz CT molecular complexity index is 766. The Morgan fingerprint density at radius 3 is 2.16 bits per heavy atom. The summed E-state index contributed by atoms with van der Waals surface area (Å²) in [6.07, 6.45) is 0.633. The van der Waals surface area contributed by atoms with Crippen LogP contribution in [0.15, 0.2) is 42.5 Å². The van der Waals surface area contributed by atoms with Gasteiger partial charge in [0.1, 0.15) is 17.2 Å². The lowest BCUT2D eigenvalue weighted by atomic mass is 9.97. The second-order valence-corrected chi connectivity index (χ2v) is 6.76. The molecule has 0 amide bonds. The SMILES string of the molecule is O=P(O)(O)Oc1ccc(O)cc1C(O)(O)CCCc1ccc(O)cc1. The number of phenols is 2. The minimum atomic E-state index is -4.91. The maximum absolute atomic E-state index is 11.0. The molecule has 0 spiro atoms. The molecule has 0 radical (unpaired) electrons. The predicted molar refractivity (Wildman–Crippen MR) is 87.9 cm³/mol. The molecule has 2 rings (SSSR count). The number of rotatable bonds is 7. The minimum Gasteiger partial charge on any atom is -0.508 e. The highest BCUT2D eigenvalue weighted by atomic mass is 31.2. The largest absolute Gasteiger partial charge is 0.524 e. The Morgan fingerprint density at radius 2 is 1.56 bits per heavy atom. The Morgan fingerprint density at radius 1 is 0.960 bits per heavy atom. The molecule has 0 aliphatic heterocycles. The van der Waals surface area contributed by atoms with Crippen molar-refractivity contribution in [2.45, 2.75) is 25.0 Å². The molecule has 9 heteroatoms. The Labute approximate surface area is 143 Å². The quantitative estimate of drug-likeness (QED) is 0.319. The van der Waals surface area contributed by atoms with Gasteiger partial charge in [0.15, 0.2) is 5.79 Å². The van der Waals surface area contributed by atoms with E-state index in [0.717, 1.165) is 23.8 Å². The summed E-state index contributed by atoms with van der Waals surface area (Å²) < 4.78 is 15.5. The molecule has 8 nitrogen and oxygen atoms in total. The van der Waals surface area contributed by atoms with Gasteiger partial charge in [0.05, 0.1) is 5.56 Å². The second-order valence-electron chi connectivity index (χ2n) is 5.60. The van der Waals surface area contributed by atoms with Crippen molar-refractivity contribution in [2.24, 2.45) is 0 Å². The van der Waals surface area contributed by atoms with Crippen LogP contribution in [0, 0.1) is 0 Å². The summed E-state index contributed by atoms with van der Waals surface area (Å²) in [5.74, 6) is -3.07. The number of aliphatic hydroxyl groups is 2. The molecular weight excluding hydrogens is 351 g/mol. The zero-order chi connectivity index (χ0) is 18.7. The molecule has 2 aromatic rings. The van der Waals surface area contributed by atoms with Crippen molar-refractivity contribution in [3.63, 3.8) is 0 Å². The lowest BCUT2D eigenvalue weighted by Gasteiger charge is -2.25. The van der Waals surface area contributed by atoms with E-state index in [-0.39, 0.29) is 23.5 Å². The monoisotopic (exact) mass is 370 g/mol. The number of aromatic hydroxyl groups is 2. The molecule has 136 valence electrons. The first-order valence-electron chi connectivity index (χ1n) is 7.38. The number of hydrogen-bond donors (Lipinski definition) is 6. The molecular formula is C16H19O8P. The van der Waals surface area contributed by atoms with Gasteiger partial charge in [-0.2, -0.15) is 0 Å². The summed E-state index contributed by atoms with van der Waals surface area (Å²) in [4.78, 5) is 17.8. The zero-order valence-corrected chi connectivity index (χ0v) is 14.0. The Kier molecular flexibility index (Phi) is 5.72. The summed E-state index contributed by atoms with van der Waals surface area (Å²) >= 11 is 0. The van der Waals surface area contributed by atoms with E-state index in [9.17, 15) is 25.0 Å². The van der Waals surface area contributed by atoms with E-state index < -0.39 is 19.4 Å². The van der Waals surface area contributed by atoms with E-state index in [1.807, 2.05) is 0 Å². The lowest BCUT2D eigenvalue weighted by molar-refractivity contribution is -0.175. The van der Waals surface area contributed by atoms with Crippen LogP contribution >= 0.6 is 7.82 Å². The number of aryl methyl sites for hydroxylation is 1. The van der Waals surface area contributed by atoms with Crippen molar-refractivity contribution in [1.29, 1.82) is 0 Å². The van der Waals surface area contributed by atoms with Gasteiger partial charge in [-0.05, 0) is 48.7 Å². The van der Waals surface area contributed by atoms with Gasteiger partial charge < -0.3 is 24.9 Å². The van der Waals surface area contributed by atoms with Crippen molar-refractivity contribution in [3.8, 4) is 17.2 Å². The van der Waals surface area contributed by atoms with Crippen molar-refractivity contribution in [1.82, 2.24) is 0 Å². The number of hydrogen-bond acceptors (Lipinski definition) is 6. The van der Waals surface area contributed by atoms with Gasteiger partial charge in [0.25, 0.3) is 0 Å². The smallest absolute Gasteiger partial charge is 0.508 e. The summed E-state index contributed by atoms with van der Waals surface area (Å²) in [5, 5.41) is 39.3. The highest BCUT2D eigenvalue weighted by Crippen LogP contribution is 2.43. The average Bonchev–Trinajstić information content (AvgIpc) is 2.49. The van der Waals surface area contributed by atoms with Gasteiger partial charge in [-0.25, -0.2) is 4.57 Å². The van der Waals surface area contributed by atoms with Gasteiger partial charge in [-0.1, -0.05) is 12.1 Å². The molecule has 0 aliphatic carbocycles. The first kappa shape index (κ1) is 19.2. The standard InChI is InChI=1S/C16H19O8P/c17-12-5-3-11(4-6-12)2-1-9-16(19,20)14-10-13(18)7-8-15(14)24-25(21,22)23/h3-8,10,17-20H,1-2,9H2,(H2,21,22,23). The van der Waals surface area contributed by atoms with Crippen LogP contribution in [0.4, 0.5) is 0 Å². The molecule has 25 heavy (non-hydrogen) atoms. The Balaban J connectivity index is 2.13. The zero-order valence-electron chi connectivity index (χ0n) is 13.1. The van der Waals surface area contributed by atoms with Gasteiger partial charge in [-0.3, -0.25) is 9.79 Å². The fourth-order valence-electron chi connectivity index (χ4n) is 2.37. The van der Waals surface area contributed by atoms with Crippen LogP contribution in [0.25, 0.3) is 0 Å². The van der Waals surface area contributed by atoms with Gasteiger partial charge >= 0.3 is 7.82 Å². The van der Waals surface area contributed by atoms with E-state index in [4.69, 9.17) is 9.79 Å². The van der Waals surface area contributed by atoms with E-state index in [2.05, 4.69) is 4.52 Å². The first-order valence-corrected chi connectivity index (χ1v) is 8.91. The predicted octanol–water partition coefficient (Wildman–Crippen LogP) is 1.73. The van der Waals surface area contributed by atoms with Gasteiger partial charge in [-0.15, -0.1) is 0 Å². The minimum absolute atomic E-state index is 0.126. The maximum Gasteiger partial charge on any atom is 0.524 e. The average molecular weight is 370 g/mol. The summed E-state index contributed by atoms with van der Waals surface area (Å²) in [5.41, 5.74) is 0.526. The van der Waals surface area contributed by atoms with Crippen molar-refractivity contribution >= 4 is 7.82 Å². The van der Waals surface area contributed by atoms with Crippen LogP contribution in [-0.4, -0.2) is 30.2 Å². The number of phosphoric ester groups is 1. The number of phenolic OH excluding ortho intramolecular Hbond substituents is 2. The topological polar surface area (TPSA) is 148 Å². The highest BCUT2D eigenvalue weighted by Gasteiger charge is 2.32. The molecule has 0 aromatic heterocycles. The third-order valence-corrected chi connectivity index (χ3v) is 3.97. The maximum atomic E-state index is 11.0. The third kappa shape index (κ3) is 5.74. The molecule has 0 saturated heterocycles. The van der Waals surface area contributed by atoms with E-state index in [1.165, 1.54) is 12.1 Å². The van der Waals surface area contributed by atoms with Crippen LogP contribution < -0.4 is 4.52 Å². The molecule has 0 atom stereocenters. The Hall–Kier alpha value is -2.09. The number of phosphoric acid groups is 1. The molecule has 0 bridgehead atoms. The molecule has 0 saturated carbocycles. The fourth-order valence-corrected chi connectivity index (χ4v) is 2.79. The normalized spacial score (nSPS) is 12.2. The molecule has 0 unspecified atom stereocenters. The summed E-state index contributed by atoms with van der Waals surface area (Å²) in [7, 11) is -4.91. The van der Waals surface area contributed by atoms with Crippen LogP contribution in [0.3, 0.4) is 0 Å². The van der Waals surface area contributed by atoms with E-state index in [1.54, 1.807) is 12.1 Å².